The molecule has 41 heavy (non-hydrogen) atoms. The van der Waals surface area contributed by atoms with Crippen LogP contribution in [0, 0.1) is 5.92 Å². The monoisotopic (exact) mass is 579 g/mol. The number of nitrogens with zero attached hydrogens (tertiary/aromatic N) is 6. The average molecular weight is 580 g/mol. The number of alkyl halides is 3. The molecule has 222 valence electrons. The average Bonchev–Trinajstić information content (AvgIpc) is 3.68. The first-order valence-corrected chi connectivity index (χ1v) is 13.4. The highest BCUT2D eigenvalue weighted by Crippen LogP contribution is 2.33. The molecule has 1 amide bonds. The van der Waals surface area contributed by atoms with E-state index in [0.29, 0.717) is 25.4 Å². The van der Waals surface area contributed by atoms with E-state index in [1.807, 2.05) is 13.8 Å². The predicted octanol–water partition coefficient (Wildman–Crippen LogP) is 3.90. The molecule has 5 rings (SSSR count). The van der Waals surface area contributed by atoms with Crippen LogP contribution in [-0.4, -0.2) is 53.7 Å². The first-order valence-electron chi connectivity index (χ1n) is 13.4. The van der Waals surface area contributed by atoms with Crippen LogP contribution in [0.2, 0.25) is 0 Å². The Morgan fingerprint density at radius 1 is 1.24 bits per heavy atom. The largest absolute Gasteiger partial charge is 0.437 e. The van der Waals surface area contributed by atoms with Gasteiger partial charge >= 0.3 is 6.18 Å². The Kier molecular flexibility index (Phi) is 7.92. The van der Waals surface area contributed by atoms with E-state index in [9.17, 15) is 22.8 Å². The lowest BCUT2D eigenvalue weighted by molar-refractivity contribution is -0.141. The quantitative estimate of drug-likeness (QED) is 0.405. The molecule has 0 aromatic carbocycles. The lowest BCUT2D eigenvalue weighted by atomic mass is 9.98. The molecule has 1 saturated heterocycles. The number of carbonyl (C=O) groups is 1. The SMILES string of the molecule is Cn1nc(C(F)(F)F)cc1Oc1cnn(C(CC2CCCC2)C(=O)Nc2ccn(C[C@@H]3COC(C)(C)O3)n2)c(=O)c1. The molecule has 1 N–H and O–H groups in total. The zero-order chi connectivity index (χ0) is 29.4. The molecule has 2 aliphatic rings. The minimum atomic E-state index is -4.65. The summed E-state index contributed by atoms with van der Waals surface area (Å²) in [7, 11) is 1.29. The molecule has 0 bridgehead atoms. The van der Waals surface area contributed by atoms with Crippen LogP contribution in [0.15, 0.2) is 35.4 Å². The fourth-order valence-corrected chi connectivity index (χ4v) is 5.18. The van der Waals surface area contributed by atoms with Crippen molar-refractivity contribution in [1.82, 2.24) is 29.3 Å². The van der Waals surface area contributed by atoms with Gasteiger partial charge < -0.3 is 19.5 Å². The molecule has 0 radical (unpaired) electrons. The summed E-state index contributed by atoms with van der Waals surface area (Å²) in [6.45, 7) is 4.54. The molecule has 3 aromatic rings. The molecule has 1 saturated carbocycles. The summed E-state index contributed by atoms with van der Waals surface area (Å²) < 4.78 is 59.5. The Morgan fingerprint density at radius 2 is 2.00 bits per heavy atom. The molecule has 2 atom stereocenters. The highest BCUT2D eigenvalue weighted by Gasteiger charge is 2.35. The maximum absolute atomic E-state index is 13.5. The smallest absolute Gasteiger partial charge is 0.435 e. The van der Waals surface area contributed by atoms with E-state index in [1.165, 1.54) is 13.2 Å². The molecule has 3 aromatic heterocycles. The molecule has 1 aliphatic carbocycles. The fraction of sp³-hybridized carbons (Fsp3) is 0.577. The lowest BCUT2D eigenvalue weighted by Gasteiger charge is -2.21. The van der Waals surface area contributed by atoms with Gasteiger partial charge in [0.25, 0.3) is 11.5 Å². The number of rotatable bonds is 9. The Hall–Kier alpha value is -3.72. The third-order valence-electron chi connectivity index (χ3n) is 7.13. The fourth-order valence-electron chi connectivity index (χ4n) is 5.18. The van der Waals surface area contributed by atoms with Crippen LogP contribution in [0.3, 0.4) is 0 Å². The van der Waals surface area contributed by atoms with E-state index >= 15 is 0 Å². The minimum Gasteiger partial charge on any atom is -0.437 e. The van der Waals surface area contributed by atoms with Crippen molar-refractivity contribution in [2.24, 2.45) is 13.0 Å². The second kappa shape index (κ2) is 11.3. The number of aryl methyl sites for hydroxylation is 1. The lowest BCUT2D eigenvalue weighted by Crippen LogP contribution is -2.36. The normalized spacial score (nSPS) is 19.9. The standard InChI is InChI=1S/C26H32F3N7O5/c1-25(2)39-15-18(41-25)14-35-9-8-21(33-35)31-24(38)19(10-16-6-4-5-7-16)36-22(37)11-17(13-30-36)40-23-12-20(26(27,28)29)32-34(23)3/h8-9,11-13,16,18-19H,4-7,10,14-15H2,1-3H3,(H,31,33,38)/t18-,19?/m1/s1. The number of hydrogen-bond acceptors (Lipinski definition) is 8. The molecular formula is C26H32F3N7O5. The van der Waals surface area contributed by atoms with Gasteiger partial charge in [0.2, 0.25) is 5.88 Å². The van der Waals surface area contributed by atoms with Gasteiger partial charge in [0, 0.05) is 31.4 Å². The van der Waals surface area contributed by atoms with Crippen molar-refractivity contribution in [2.45, 2.75) is 76.6 Å². The van der Waals surface area contributed by atoms with Crippen molar-refractivity contribution in [1.29, 1.82) is 0 Å². The number of anilines is 1. The van der Waals surface area contributed by atoms with E-state index in [0.717, 1.165) is 47.2 Å². The summed E-state index contributed by atoms with van der Waals surface area (Å²) in [6, 6.07) is 2.54. The first-order chi connectivity index (χ1) is 19.4. The summed E-state index contributed by atoms with van der Waals surface area (Å²) in [5.41, 5.74) is -1.76. The first kappa shape index (κ1) is 28.8. The van der Waals surface area contributed by atoms with Crippen LogP contribution in [0.25, 0.3) is 0 Å². The van der Waals surface area contributed by atoms with Crippen molar-refractivity contribution >= 4 is 11.7 Å². The van der Waals surface area contributed by atoms with Gasteiger partial charge in [0.05, 0.1) is 19.3 Å². The van der Waals surface area contributed by atoms with Crippen molar-refractivity contribution in [3.05, 3.63) is 46.6 Å². The van der Waals surface area contributed by atoms with E-state index in [2.05, 4.69) is 20.6 Å². The van der Waals surface area contributed by atoms with Crippen molar-refractivity contribution < 1.29 is 32.2 Å². The second-order valence-corrected chi connectivity index (χ2v) is 10.8. The van der Waals surface area contributed by atoms with Crippen molar-refractivity contribution in [3.8, 4) is 11.6 Å². The summed E-state index contributed by atoms with van der Waals surface area (Å²) in [5.74, 6) is -0.852. The summed E-state index contributed by atoms with van der Waals surface area (Å²) in [6.07, 6.45) is 2.46. The molecular weight excluding hydrogens is 547 g/mol. The van der Waals surface area contributed by atoms with Crippen LogP contribution >= 0.6 is 0 Å². The van der Waals surface area contributed by atoms with Gasteiger partial charge in [-0.1, -0.05) is 25.7 Å². The number of hydrogen-bond donors (Lipinski definition) is 1. The number of amides is 1. The zero-order valence-corrected chi connectivity index (χ0v) is 22.9. The van der Waals surface area contributed by atoms with Gasteiger partial charge in [0.1, 0.15) is 12.1 Å². The molecule has 4 heterocycles. The van der Waals surface area contributed by atoms with Crippen LogP contribution < -0.4 is 15.6 Å². The summed E-state index contributed by atoms with van der Waals surface area (Å²) in [5, 5.41) is 14.8. The van der Waals surface area contributed by atoms with Gasteiger partial charge in [-0.2, -0.15) is 28.5 Å². The van der Waals surface area contributed by atoms with E-state index in [-0.39, 0.29) is 23.7 Å². The van der Waals surface area contributed by atoms with Gasteiger partial charge in [0.15, 0.2) is 23.0 Å². The zero-order valence-electron chi connectivity index (χ0n) is 22.9. The number of carbonyl (C=O) groups excluding carboxylic acids is 1. The van der Waals surface area contributed by atoms with Gasteiger partial charge in [-0.05, 0) is 26.2 Å². The second-order valence-electron chi connectivity index (χ2n) is 10.8. The van der Waals surface area contributed by atoms with Crippen LogP contribution in [-0.2, 0) is 34.0 Å². The Morgan fingerprint density at radius 3 is 2.63 bits per heavy atom. The molecule has 0 spiro atoms. The Labute approximate surface area is 233 Å². The number of nitrogens with one attached hydrogen (secondary N) is 1. The predicted molar refractivity (Wildman–Crippen MR) is 138 cm³/mol. The highest BCUT2D eigenvalue weighted by atomic mass is 19.4. The summed E-state index contributed by atoms with van der Waals surface area (Å²) >= 11 is 0. The van der Waals surface area contributed by atoms with E-state index in [1.54, 1.807) is 16.9 Å². The molecule has 15 heteroatoms. The van der Waals surface area contributed by atoms with Crippen molar-refractivity contribution in [3.63, 3.8) is 0 Å². The van der Waals surface area contributed by atoms with Gasteiger partial charge in [-0.25, -0.2) is 9.36 Å². The maximum Gasteiger partial charge on any atom is 0.435 e. The highest BCUT2D eigenvalue weighted by molar-refractivity contribution is 5.92. The molecule has 1 unspecified atom stereocenters. The van der Waals surface area contributed by atoms with E-state index < -0.39 is 35.2 Å². The molecule has 2 fully saturated rings. The minimum absolute atomic E-state index is 0.0805. The Bertz CT molecular complexity index is 1440. The number of halogens is 3. The summed E-state index contributed by atoms with van der Waals surface area (Å²) in [4.78, 5) is 26.5. The number of aromatic nitrogens is 6. The van der Waals surface area contributed by atoms with Gasteiger partial charge in [-0.15, -0.1) is 0 Å². The molecule has 1 aliphatic heterocycles. The van der Waals surface area contributed by atoms with Crippen LogP contribution in [0.1, 0.15) is 57.7 Å². The van der Waals surface area contributed by atoms with Gasteiger partial charge in [-0.3, -0.25) is 14.3 Å². The van der Waals surface area contributed by atoms with Crippen LogP contribution in [0.5, 0.6) is 11.6 Å². The van der Waals surface area contributed by atoms with Crippen LogP contribution in [0.4, 0.5) is 19.0 Å². The van der Waals surface area contributed by atoms with Crippen molar-refractivity contribution in [2.75, 3.05) is 11.9 Å². The Balaban J connectivity index is 1.31. The number of ether oxygens (including phenoxy) is 3. The molecule has 12 nitrogen and oxygen atoms in total. The third-order valence-corrected chi connectivity index (χ3v) is 7.13. The third kappa shape index (κ3) is 6.96. The topological polar surface area (TPSA) is 127 Å². The maximum atomic E-state index is 13.5. The van der Waals surface area contributed by atoms with E-state index in [4.69, 9.17) is 14.2 Å².